The Balaban J connectivity index is 2.06. The fourth-order valence-corrected chi connectivity index (χ4v) is 3.48. The van der Waals surface area contributed by atoms with Gasteiger partial charge >= 0.3 is 0 Å². The number of aromatic amines is 1. The third kappa shape index (κ3) is 2.36. The van der Waals surface area contributed by atoms with Gasteiger partial charge in [0, 0.05) is 27.4 Å². The van der Waals surface area contributed by atoms with E-state index >= 15 is 0 Å². The van der Waals surface area contributed by atoms with Crippen LogP contribution in [0.3, 0.4) is 0 Å². The van der Waals surface area contributed by atoms with Crippen LogP contribution >= 0.6 is 0 Å². The highest BCUT2D eigenvalue weighted by Gasteiger charge is 2.25. The third-order valence-corrected chi connectivity index (χ3v) is 4.51. The van der Waals surface area contributed by atoms with Crippen LogP contribution in [0.1, 0.15) is 19.9 Å². The predicted molar refractivity (Wildman–Crippen MR) is 95.7 cm³/mol. The van der Waals surface area contributed by atoms with Gasteiger partial charge in [0.15, 0.2) is 0 Å². The molecule has 126 valence electrons. The Bertz CT molecular complexity index is 1060. The van der Waals surface area contributed by atoms with E-state index in [1.807, 2.05) is 60.9 Å². The molecular formula is C18H18N6O. The standard InChI is InChI=1S/C18H18N6O/c1-10(2)16(17(19)25)24-14-6-4-3-5-12(14)13-9-11(7-8-15(13)24)18-20-22-23-21-18/h3-10,16H,1-2H3,(H2,19,25)(H,20,21,22,23). The lowest BCUT2D eigenvalue weighted by atomic mass is 10.0. The van der Waals surface area contributed by atoms with Gasteiger partial charge in [-0.15, -0.1) is 10.2 Å². The normalized spacial score (nSPS) is 12.9. The highest BCUT2D eigenvalue weighted by molar-refractivity contribution is 6.10. The Morgan fingerprint density at radius 3 is 2.56 bits per heavy atom. The second-order valence-electron chi connectivity index (χ2n) is 6.45. The summed E-state index contributed by atoms with van der Waals surface area (Å²) < 4.78 is 2.04. The number of nitrogens with zero attached hydrogens (tertiary/aromatic N) is 4. The second kappa shape index (κ2) is 5.70. The highest BCUT2D eigenvalue weighted by atomic mass is 16.1. The number of nitrogens with one attached hydrogen (secondary N) is 1. The minimum absolute atomic E-state index is 0.0772. The SMILES string of the molecule is CC(C)C(C(N)=O)n1c2ccccc2c2cc(-c3nn[nH]n3)ccc21. The number of benzene rings is 2. The molecule has 7 heteroatoms. The molecule has 0 aliphatic carbocycles. The van der Waals surface area contributed by atoms with Gasteiger partial charge in [-0.25, -0.2) is 0 Å². The van der Waals surface area contributed by atoms with E-state index in [1.165, 1.54) is 0 Å². The quantitative estimate of drug-likeness (QED) is 0.599. The van der Waals surface area contributed by atoms with Crippen LogP contribution in [-0.2, 0) is 4.79 Å². The number of hydrogen-bond donors (Lipinski definition) is 2. The lowest BCUT2D eigenvalue weighted by molar-refractivity contribution is -0.122. The molecule has 7 nitrogen and oxygen atoms in total. The largest absolute Gasteiger partial charge is 0.368 e. The first-order valence-corrected chi connectivity index (χ1v) is 8.13. The van der Waals surface area contributed by atoms with E-state index in [2.05, 4.69) is 20.6 Å². The zero-order valence-electron chi connectivity index (χ0n) is 14.0. The maximum absolute atomic E-state index is 12.1. The van der Waals surface area contributed by atoms with Crippen molar-refractivity contribution in [1.29, 1.82) is 0 Å². The van der Waals surface area contributed by atoms with Crippen LogP contribution in [0.25, 0.3) is 33.2 Å². The van der Waals surface area contributed by atoms with E-state index < -0.39 is 6.04 Å². The monoisotopic (exact) mass is 334 g/mol. The zero-order chi connectivity index (χ0) is 17.6. The number of carbonyl (C=O) groups excluding carboxylic acids is 1. The number of fused-ring (bicyclic) bond motifs is 3. The van der Waals surface area contributed by atoms with Gasteiger partial charge in [-0.1, -0.05) is 32.0 Å². The van der Waals surface area contributed by atoms with Crippen LogP contribution < -0.4 is 5.73 Å². The van der Waals surface area contributed by atoms with Gasteiger partial charge in [-0.3, -0.25) is 4.79 Å². The Morgan fingerprint density at radius 1 is 1.12 bits per heavy atom. The molecule has 0 saturated carbocycles. The van der Waals surface area contributed by atoms with Gasteiger partial charge in [0.05, 0.1) is 0 Å². The fourth-order valence-electron chi connectivity index (χ4n) is 3.48. The number of hydrogen-bond acceptors (Lipinski definition) is 4. The maximum atomic E-state index is 12.1. The van der Waals surface area contributed by atoms with Gasteiger partial charge in [0.2, 0.25) is 11.7 Å². The van der Waals surface area contributed by atoms with Crippen LogP contribution in [0.4, 0.5) is 0 Å². The second-order valence-corrected chi connectivity index (χ2v) is 6.45. The number of nitrogens with two attached hydrogens (primary N) is 1. The molecule has 1 atom stereocenters. The van der Waals surface area contributed by atoms with E-state index in [1.54, 1.807) is 0 Å². The van der Waals surface area contributed by atoms with Crippen molar-refractivity contribution in [2.45, 2.75) is 19.9 Å². The molecule has 0 aliphatic heterocycles. The molecule has 3 N–H and O–H groups in total. The predicted octanol–water partition coefficient (Wildman–Crippen LogP) is 2.66. The van der Waals surface area contributed by atoms with Crippen molar-refractivity contribution in [3.8, 4) is 11.4 Å². The van der Waals surface area contributed by atoms with Crippen molar-refractivity contribution in [2.24, 2.45) is 11.7 Å². The van der Waals surface area contributed by atoms with Crippen molar-refractivity contribution in [1.82, 2.24) is 25.2 Å². The summed E-state index contributed by atoms with van der Waals surface area (Å²) in [5.41, 5.74) is 8.54. The van der Waals surface area contributed by atoms with Crippen molar-refractivity contribution < 1.29 is 4.79 Å². The first-order chi connectivity index (χ1) is 12.1. The fraction of sp³-hybridized carbons (Fsp3) is 0.222. The Hall–Kier alpha value is -3.22. The van der Waals surface area contributed by atoms with Gasteiger partial charge in [0.1, 0.15) is 6.04 Å². The van der Waals surface area contributed by atoms with Crippen LogP contribution in [0, 0.1) is 5.92 Å². The molecule has 25 heavy (non-hydrogen) atoms. The van der Waals surface area contributed by atoms with E-state index in [0.29, 0.717) is 5.82 Å². The Kier molecular flexibility index (Phi) is 3.49. The molecule has 1 amide bonds. The average Bonchev–Trinajstić information content (AvgIpc) is 3.22. The minimum atomic E-state index is -0.418. The summed E-state index contributed by atoms with van der Waals surface area (Å²) in [6.07, 6.45) is 0. The van der Waals surface area contributed by atoms with Crippen molar-refractivity contribution >= 4 is 27.7 Å². The van der Waals surface area contributed by atoms with E-state index in [9.17, 15) is 4.79 Å². The number of H-pyrrole nitrogens is 1. The van der Waals surface area contributed by atoms with Gasteiger partial charge < -0.3 is 10.3 Å². The Labute approximate surface area is 143 Å². The number of rotatable bonds is 4. The molecule has 0 spiro atoms. The number of carbonyl (C=O) groups is 1. The van der Waals surface area contributed by atoms with Gasteiger partial charge in [0.25, 0.3) is 0 Å². The van der Waals surface area contributed by atoms with Gasteiger partial charge in [-0.2, -0.15) is 5.21 Å². The van der Waals surface area contributed by atoms with Crippen molar-refractivity contribution in [2.75, 3.05) is 0 Å². The lowest BCUT2D eigenvalue weighted by Crippen LogP contribution is -2.30. The zero-order valence-corrected chi connectivity index (χ0v) is 14.0. The van der Waals surface area contributed by atoms with Crippen LogP contribution in [0.5, 0.6) is 0 Å². The average molecular weight is 334 g/mol. The topological polar surface area (TPSA) is 102 Å². The summed E-state index contributed by atoms with van der Waals surface area (Å²) in [4.78, 5) is 12.1. The molecule has 0 fully saturated rings. The smallest absolute Gasteiger partial charge is 0.240 e. The number of amides is 1. The van der Waals surface area contributed by atoms with E-state index in [-0.39, 0.29) is 11.8 Å². The summed E-state index contributed by atoms with van der Waals surface area (Å²) >= 11 is 0. The van der Waals surface area contributed by atoms with Gasteiger partial charge in [-0.05, 0) is 35.4 Å². The van der Waals surface area contributed by atoms with Crippen LogP contribution in [-0.4, -0.2) is 31.1 Å². The molecule has 0 bridgehead atoms. The first-order valence-electron chi connectivity index (χ1n) is 8.13. The van der Waals surface area contributed by atoms with Crippen molar-refractivity contribution in [3.05, 3.63) is 42.5 Å². The number of tetrazole rings is 1. The molecule has 4 aromatic rings. The molecule has 4 rings (SSSR count). The molecule has 0 saturated heterocycles. The third-order valence-electron chi connectivity index (χ3n) is 4.51. The van der Waals surface area contributed by atoms with E-state index in [0.717, 1.165) is 27.4 Å². The lowest BCUT2D eigenvalue weighted by Gasteiger charge is -2.21. The van der Waals surface area contributed by atoms with Crippen LogP contribution in [0.15, 0.2) is 42.5 Å². The number of aromatic nitrogens is 5. The molecule has 0 radical (unpaired) electrons. The molecule has 2 heterocycles. The Morgan fingerprint density at radius 2 is 1.88 bits per heavy atom. The number of primary amides is 1. The summed E-state index contributed by atoms with van der Waals surface area (Å²) in [6, 6.07) is 13.5. The van der Waals surface area contributed by atoms with Crippen molar-refractivity contribution in [3.63, 3.8) is 0 Å². The maximum Gasteiger partial charge on any atom is 0.240 e. The molecule has 0 aliphatic rings. The molecule has 2 aromatic carbocycles. The molecule has 1 unspecified atom stereocenters. The molecular weight excluding hydrogens is 316 g/mol. The molecule has 2 aromatic heterocycles. The minimum Gasteiger partial charge on any atom is -0.368 e. The number of para-hydroxylation sites is 1. The van der Waals surface area contributed by atoms with Crippen LogP contribution in [0.2, 0.25) is 0 Å². The van der Waals surface area contributed by atoms with E-state index in [4.69, 9.17) is 5.73 Å². The summed E-state index contributed by atoms with van der Waals surface area (Å²) in [5, 5.41) is 16.3. The summed E-state index contributed by atoms with van der Waals surface area (Å²) in [6.45, 7) is 4.01. The summed E-state index contributed by atoms with van der Waals surface area (Å²) in [7, 11) is 0. The first kappa shape index (κ1) is 15.3. The highest BCUT2D eigenvalue weighted by Crippen LogP contribution is 2.35. The summed E-state index contributed by atoms with van der Waals surface area (Å²) in [5.74, 6) is 0.280.